The van der Waals surface area contributed by atoms with Gasteiger partial charge in [0.2, 0.25) is 5.91 Å². The largest absolute Gasteiger partial charge is 0.354 e. The summed E-state index contributed by atoms with van der Waals surface area (Å²) < 4.78 is 0. The normalized spacial score (nSPS) is 16.3. The summed E-state index contributed by atoms with van der Waals surface area (Å²) >= 11 is 4.17. The van der Waals surface area contributed by atoms with Crippen molar-refractivity contribution in [3.63, 3.8) is 0 Å². The van der Waals surface area contributed by atoms with E-state index in [1.807, 2.05) is 0 Å². The van der Waals surface area contributed by atoms with Crippen LogP contribution in [-0.4, -0.2) is 36.3 Å². The van der Waals surface area contributed by atoms with E-state index in [0.717, 1.165) is 11.3 Å². The van der Waals surface area contributed by atoms with Gasteiger partial charge >= 0.3 is 0 Å². The molecule has 1 saturated heterocycles. The molecule has 1 aliphatic heterocycles. The zero-order valence-corrected chi connectivity index (χ0v) is 10.2. The number of amides is 2. The minimum Gasteiger partial charge on any atom is -0.354 e. The molecule has 5 heteroatoms. The third-order valence-corrected chi connectivity index (χ3v) is 2.96. The molecule has 1 aliphatic rings. The SMILES string of the molecule is O=C1CN(C(=O)c2ccc(S)cc2)CCCN1. The van der Waals surface area contributed by atoms with E-state index in [-0.39, 0.29) is 18.4 Å². The highest BCUT2D eigenvalue weighted by atomic mass is 32.1. The van der Waals surface area contributed by atoms with Crippen molar-refractivity contribution in [3.8, 4) is 0 Å². The topological polar surface area (TPSA) is 49.4 Å². The van der Waals surface area contributed by atoms with Crippen molar-refractivity contribution in [2.45, 2.75) is 11.3 Å². The Bertz CT molecular complexity index is 431. The first-order valence-corrected chi connectivity index (χ1v) is 5.96. The Morgan fingerprint density at radius 1 is 1.29 bits per heavy atom. The zero-order chi connectivity index (χ0) is 12.3. The quantitative estimate of drug-likeness (QED) is 0.729. The minimum atomic E-state index is -0.101. The highest BCUT2D eigenvalue weighted by Crippen LogP contribution is 2.11. The molecule has 1 N–H and O–H groups in total. The van der Waals surface area contributed by atoms with Crippen LogP contribution >= 0.6 is 12.6 Å². The summed E-state index contributed by atoms with van der Waals surface area (Å²) in [6, 6.07) is 7.00. The van der Waals surface area contributed by atoms with Crippen molar-refractivity contribution in [2.75, 3.05) is 19.6 Å². The van der Waals surface area contributed by atoms with E-state index in [1.165, 1.54) is 0 Å². The highest BCUT2D eigenvalue weighted by Gasteiger charge is 2.20. The zero-order valence-electron chi connectivity index (χ0n) is 9.35. The molecule has 0 atom stereocenters. The van der Waals surface area contributed by atoms with E-state index in [2.05, 4.69) is 17.9 Å². The molecule has 0 aromatic heterocycles. The van der Waals surface area contributed by atoms with Gasteiger partial charge in [-0.15, -0.1) is 12.6 Å². The van der Waals surface area contributed by atoms with Crippen LogP contribution in [0.15, 0.2) is 29.2 Å². The second-order valence-electron chi connectivity index (χ2n) is 3.98. The number of carbonyl (C=O) groups excluding carboxylic acids is 2. The maximum atomic E-state index is 12.1. The Labute approximate surface area is 105 Å². The van der Waals surface area contributed by atoms with Crippen LogP contribution in [0.3, 0.4) is 0 Å². The van der Waals surface area contributed by atoms with Gasteiger partial charge < -0.3 is 10.2 Å². The lowest BCUT2D eigenvalue weighted by Crippen LogP contribution is -2.37. The van der Waals surface area contributed by atoms with Gasteiger partial charge in [-0.25, -0.2) is 0 Å². The van der Waals surface area contributed by atoms with Crippen LogP contribution in [0.1, 0.15) is 16.8 Å². The molecule has 0 saturated carbocycles. The van der Waals surface area contributed by atoms with Crippen molar-refractivity contribution < 1.29 is 9.59 Å². The van der Waals surface area contributed by atoms with E-state index < -0.39 is 0 Å². The summed E-state index contributed by atoms with van der Waals surface area (Å²) in [7, 11) is 0. The van der Waals surface area contributed by atoms with E-state index in [0.29, 0.717) is 18.7 Å². The number of hydrogen-bond acceptors (Lipinski definition) is 3. The fraction of sp³-hybridized carbons (Fsp3) is 0.333. The number of benzene rings is 1. The molecule has 1 heterocycles. The standard InChI is InChI=1S/C12H14N2O2S/c15-11-8-14(7-1-6-13-11)12(16)9-2-4-10(17)5-3-9/h2-5,17H,1,6-8H2,(H,13,15). The maximum absolute atomic E-state index is 12.1. The Morgan fingerprint density at radius 2 is 2.00 bits per heavy atom. The number of rotatable bonds is 1. The second-order valence-corrected chi connectivity index (χ2v) is 4.49. The molecule has 0 bridgehead atoms. The maximum Gasteiger partial charge on any atom is 0.254 e. The average molecular weight is 250 g/mol. The molecule has 0 spiro atoms. The molecular formula is C12H14N2O2S. The summed E-state index contributed by atoms with van der Waals surface area (Å²) in [5.41, 5.74) is 0.595. The van der Waals surface area contributed by atoms with Gasteiger partial charge in [-0.1, -0.05) is 0 Å². The summed E-state index contributed by atoms with van der Waals surface area (Å²) in [4.78, 5) is 25.9. The Morgan fingerprint density at radius 3 is 2.71 bits per heavy atom. The molecule has 1 aromatic rings. The summed E-state index contributed by atoms with van der Waals surface area (Å²) in [5.74, 6) is -0.197. The lowest BCUT2D eigenvalue weighted by molar-refractivity contribution is -0.121. The molecule has 17 heavy (non-hydrogen) atoms. The Hall–Kier alpha value is -1.49. The molecular weight excluding hydrogens is 236 g/mol. The average Bonchev–Trinajstić information content (AvgIpc) is 2.54. The van der Waals surface area contributed by atoms with Gasteiger partial charge in [0.05, 0.1) is 6.54 Å². The predicted octanol–water partition coefficient (Wildman–Crippen LogP) is 0.937. The summed E-state index contributed by atoms with van der Waals surface area (Å²) in [6.45, 7) is 1.39. The third kappa shape index (κ3) is 3.00. The predicted molar refractivity (Wildman–Crippen MR) is 67.2 cm³/mol. The lowest BCUT2D eigenvalue weighted by Gasteiger charge is -2.18. The van der Waals surface area contributed by atoms with Crippen LogP contribution in [0.5, 0.6) is 0 Å². The fourth-order valence-electron chi connectivity index (χ4n) is 1.77. The minimum absolute atomic E-state index is 0.0957. The Kier molecular flexibility index (Phi) is 3.68. The molecule has 2 amide bonds. The Balaban J connectivity index is 2.13. The van der Waals surface area contributed by atoms with Gasteiger partial charge in [-0.2, -0.15) is 0 Å². The third-order valence-electron chi connectivity index (χ3n) is 2.66. The van der Waals surface area contributed by atoms with Gasteiger partial charge in [0.1, 0.15) is 0 Å². The van der Waals surface area contributed by atoms with Gasteiger partial charge in [-0.05, 0) is 30.7 Å². The van der Waals surface area contributed by atoms with Crippen molar-refractivity contribution in [2.24, 2.45) is 0 Å². The lowest BCUT2D eigenvalue weighted by atomic mass is 10.2. The molecule has 1 aromatic carbocycles. The van der Waals surface area contributed by atoms with Crippen LogP contribution < -0.4 is 5.32 Å². The molecule has 0 aliphatic carbocycles. The highest BCUT2D eigenvalue weighted by molar-refractivity contribution is 7.80. The monoisotopic (exact) mass is 250 g/mol. The number of hydrogen-bond donors (Lipinski definition) is 2. The number of thiol groups is 1. The fourth-order valence-corrected chi connectivity index (χ4v) is 1.92. The van der Waals surface area contributed by atoms with Gasteiger partial charge in [-0.3, -0.25) is 9.59 Å². The van der Waals surface area contributed by atoms with E-state index >= 15 is 0 Å². The van der Waals surface area contributed by atoms with Crippen molar-refractivity contribution in [1.29, 1.82) is 0 Å². The van der Waals surface area contributed by atoms with Gasteiger partial charge in [0.25, 0.3) is 5.91 Å². The number of nitrogens with one attached hydrogen (secondary N) is 1. The first-order valence-electron chi connectivity index (χ1n) is 5.52. The molecule has 4 nitrogen and oxygen atoms in total. The van der Waals surface area contributed by atoms with Crippen LogP contribution in [-0.2, 0) is 4.79 Å². The van der Waals surface area contributed by atoms with Crippen LogP contribution in [0.2, 0.25) is 0 Å². The number of nitrogens with zero attached hydrogens (tertiary/aromatic N) is 1. The molecule has 1 fully saturated rings. The second kappa shape index (κ2) is 5.23. The first kappa shape index (κ1) is 12.0. The van der Waals surface area contributed by atoms with E-state index in [4.69, 9.17) is 0 Å². The smallest absolute Gasteiger partial charge is 0.254 e. The van der Waals surface area contributed by atoms with Crippen molar-refractivity contribution >= 4 is 24.4 Å². The summed E-state index contributed by atoms with van der Waals surface area (Å²) in [5, 5.41) is 2.74. The van der Waals surface area contributed by atoms with Crippen molar-refractivity contribution in [3.05, 3.63) is 29.8 Å². The molecule has 90 valence electrons. The van der Waals surface area contributed by atoms with Crippen LogP contribution in [0.4, 0.5) is 0 Å². The molecule has 2 rings (SSSR count). The van der Waals surface area contributed by atoms with E-state index in [9.17, 15) is 9.59 Å². The van der Waals surface area contributed by atoms with Gasteiger partial charge in [0, 0.05) is 23.5 Å². The van der Waals surface area contributed by atoms with Crippen molar-refractivity contribution in [1.82, 2.24) is 10.2 Å². The van der Waals surface area contributed by atoms with E-state index in [1.54, 1.807) is 29.2 Å². The summed E-state index contributed by atoms with van der Waals surface area (Å²) in [6.07, 6.45) is 0.794. The number of carbonyl (C=O) groups is 2. The van der Waals surface area contributed by atoms with Gasteiger partial charge in [0.15, 0.2) is 0 Å². The molecule has 0 radical (unpaired) electrons. The molecule has 0 unspecified atom stereocenters. The first-order chi connectivity index (χ1) is 8.16. The van der Waals surface area contributed by atoms with Crippen LogP contribution in [0, 0.1) is 0 Å². The van der Waals surface area contributed by atoms with Crippen LogP contribution in [0.25, 0.3) is 0 Å².